The summed E-state index contributed by atoms with van der Waals surface area (Å²) >= 11 is 4.89. The van der Waals surface area contributed by atoms with Crippen LogP contribution < -0.4 is 5.32 Å². The van der Waals surface area contributed by atoms with Gasteiger partial charge in [0, 0.05) is 17.4 Å². The fourth-order valence-corrected chi connectivity index (χ4v) is 2.35. The summed E-state index contributed by atoms with van der Waals surface area (Å²) in [6, 6.07) is 4.99. The molecule has 0 aliphatic carbocycles. The maximum absolute atomic E-state index is 11.9. The molecule has 0 heterocycles. The van der Waals surface area contributed by atoms with Gasteiger partial charge in [0.1, 0.15) is 5.75 Å². The van der Waals surface area contributed by atoms with Crippen LogP contribution >= 0.6 is 27.7 Å². The Morgan fingerprint density at radius 2 is 2.29 bits per heavy atom. The second-order valence-electron chi connectivity index (χ2n) is 3.70. The van der Waals surface area contributed by atoms with E-state index in [-0.39, 0.29) is 17.7 Å². The molecule has 94 valence electrons. The number of phenolic OH excluding ortho intramolecular Hbond substituents is 1. The van der Waals surface area contributed by atoms with Crippen LogP contribution in [0.4, 0.5) is 0 Å². The fourth-order valence-electron chi connectivity index (χ4n) is 1.39. The molecule has 0 saturated heterocycles. The van der Waals surface area contributed by atoms with E-state index in [1.54, 1.807) is 23.9 Å². The molecule has 1 amide bonds. The van der Waals surface area contributed by atoms with E-state index >= 15 is 0 Å². The van der Waals surface area contributed by atoms with E-state index in [1.165, 1.54) is 6.07 Å². The molecule has 0 spiro atoms. The summed E-state index contributed by atoms with van der Waals surface area (Å²) in [7, 11) is 0. The molecule has 17 heavy (non-hydrogen) atoms. The lowest BCUT2D eigenvalue weighted by atomic mass is 10.2. The summed E-state index contributed by atoms with van der Waals surface area (Å²) in [5.41, 5.74) is 0.477. The molecule has 3 nitrogen and oxygen atoms in total. The van der Waals surface area contributed by atoms with Gasteiger partial charge in [-0.3, -0.25) is 4.79 Å². The summed E-state index contributed by atoms with van der Waals surface area (Å²) < 4.78 is 0.588. The van der Waals surface area contributed by atoms with Crippen molar-refractivity contribution < 1.29 is 9.90 Å². The second-order valence-corrected chi connectivity index (χ2v) is 5.47. The first kappa shape index (κ1) is 14.4. The predicted molar refractivity (Wildman–Crippen MR) is 75.7 cm³/mol. The van der Waals surface area contributed by atoms with Crippen molar-refractivity contribution in [1.82, 2.24) is 5.32 Å². The molecule has 1 aromatic rings. The van der Waals surface area contributed by atoms with E-state index in [1.807, 2.05) is 13.2 Å². The third-order valence-electron chi connectivity index (χ3n) is 2.40. The van der Waals surface area contributed by atoms with Gasteiger partial charge in [0.05, 0.1) is 4.47 Å². The first-order valence-corrected chi connectivity index (χ1v) is 7.55. The highest BCUT2D eigenvalue weighted by Crippen LogP contribution is 2.24. The molecule has 0 bridgehead atoms. The van der Waals surface area contributed by atoms with Crippen molar-refractivity contribution in [2.45, 2.75) is 19.4 Å². The van der Waals surface area contributed by atoms with Crippen molar-refractivity contribution in [3.63, 3.8) is 0 Å². The molecular weight excluding hydrogens is 302 g/mol. The molecule has 1 atom stereocenters. The molecule has 0 saturated carbocycles. The van der Waals surface area contributed by atoms with Crippen LogP contribution in [0.1, 0.15) is 23.7 Å². The van der Waals surface area contributed by atoms with E-state index in [9.17, 15) is 9.90 Å². The van der Waals surface area contributed by atoms with E-state index in [4.69, 9.17) is 0 Å². The van der Waals surface area contributed by atoms with Crippen LogP contribution in [0, 0.1) is 0 Å². The van der Waals surface area contributed by atoms with Gasteiger partial charge in [-0.05, 0) is 46.8 Å². The monoisotopic (exact) mass is 317 g/mol. The molecule has 0 radical (unpaired) electrons. The van der Waals surface area contributed by atoms with Crippen LogP contribution in [0.3, 0.4) is 0 Å². The van der Waals surface area contributed by atoms with Gasteiger partial charge in [-0.25, -0.2) is 0 Å². The van der Waals surface area contributed by atoms with Crippen molar-refractivity contribution in [2.24, 2.45) is 0 Å². The molecule has 1 aromatic carbocycles. The quantitative estimate of drug-likeness (QED) is 0.877. The largest absolute Gasteiger partial charge is 0.507 e. The van der Waals surface area contributed by atoms with Gasteiger partial charge in [0.15, 0.2) is 0 Å². The van der Waals surface area contributed by atoms with E-state index in [2.05, 4.69) is 21.2 Å². The summed E-state index contributed by atoms with van der Waals surface area (Å²) in [4.78, 5) is 11.9. The highest BCUT2D eigenvalue weighted by atomic mass is 79.9. The highest BCUT2D eigenvalue weighted by molar-refractivity contribution is 9.10. The maximum Gasteiger partial charge on any atom is 0.251 e. The van der Waals surface area contributed by atoms with Crippen molar-refractivity contribution >= 4 is 33.6 Å². The molecule has 0 aliphatic heterocycles. The molecule has 1 rings (SSSR count). The average molecular weight is 318 g/mol. The number of amides is 1. The maximum atomic E-state index is 11.9. The average Bonchev–Trinajstić information content (AvgIpc) is 2.31. The molecule has 1 unspecified atom stereocenters. The van der Waals surface area contributed by atoms with Gasteiger partial charge in [-0.1, -0.05) is 6.92 Å². The standard InChI is InChI=1S/C12H16BrNO2S/c1-3-9(7-17-2)14-12(16)8-4-5-10(13)11(15)6-8/h4-6,9,15H,3,7H2,1-2H3,(H,14,16). The van der Waals surface area contributed by atoms with Gasteiger partial charge < -0.3 is 10.4 Å². The van der Waals surface area contributed by atoms with Crippen molar-refractivity contribution in [2.75, 3.05) is 12.0 Å². The van der Waals surface area contributed by atoms with Crippen molar-refractivity contribution in [1.29, 1.82) is 0 Å². The van der Waals surface area contributed by atoms with E-state index in [0.717, 1.165) is 12.2 Å². The Kier molecular flexibility index (Phi) is 5.85. The van der Waals surface area contributed by atoms with Crippen LogP contribution in [-0.2, 0) is 0 Å². The Labute approximate surface area is 114 Å². The van der Waals surface area contributed by atoms with Crippen molar-refractivity contribution in [3.05, 3.63) is 28.2 Å². The smallest absolute Gasteiger partial charge is 0.251 e. The molecule has 2 N–H and O–H groups in total. The lowest BCUT2D eigenvalue weighted by molar-refractivity contribution is 0.0939. The number of benzene rings is 1. The van der Waals surface area contributed by atoms with Crippen LogP contribution in [0.2, 0.25) is 0 Å². The number of aromatic hydroxyl groups is 1. The van der Waals surface area contributed by atoms with E-state index < -0.39 is 0 Å². The topological polar surface area (TPSA) is 49.3 Å². The highest BCUT2D eigenvalue weighted by Gasteiger charge is 2.12. The van der Waals surface area contributed by atoms with E-state index in [0.29, 0.717) is 10.0 Å². The number of phenols is 1. The number of rotatable bonds is 5. The Balaban J connectivity index is 2.72. The third kappa shape index (κ3) is 4.24. The number of carbonyl (C=O) groups is 1. The Morgan fingerprint density at radius 3 is 2.82 bits per heavy atom. The first-order chi connectivity index (χ1) is 8.08. The zero-order valence-electron chi connectivity index (χ0n) is 9.87. The zero-order valence-corrected chi connectivity index (χ0v) is 12.3. The lowest BCUT2D eigenvalue weighted by Crippen LogP contribution is -2.36. The molecular formula is C12H16BrNO2S. The molecule has 5 heteroatoms. The number of thioether (sulfide) groups is 1. The summed E-state index contributed by atoms with van der Waals surface area (Å²) in [6.45, 7) is 2.04. The molecule has 0 aliphatic rings. The minimum absolute atomic E-state index is 0.0792. The molecule has 0 fully saturated rings. The summed E-state index contributed by atoms with van der Waals surface area (Å²) in [6.07, 6.45) is 2.91. The predicted octanol–water partition coefficient (Wildman–Crippen LogP) is 3.03. The number of hydrogen-bond donors (Lipinski definition) is 2. The van der Waals surface area contributed by atoms with Crippen LogP contribution in [0.25, 0.3) is 0 Å². The van der Waals surface area contributed by atoms with Crippen molar-refractivity contribution in [3.8, 4) is 5.75 Å². The van der Waals surface area contributed by atoms with Gasteiger partial charge in [0.25, 0.3) is 5.91 Å². The molecule has 0 aromatic heterocycles. The Morgan fingerprint density at radius 1 is 1.59 bits per heavy atom. The number of hydrogen-bond acceptors (Lipinski definition) is 3. The first-order valence-electron chi connectivity index (χ1n) is 5.36. The summed E-state index contributed by atoms with van der Waals surface area (Å²) in [5, 5.41) is 12.5. The van der Waals surface area contributed by atoms with Crippen LogP contribution in [0.15, 0.2) is 22.7 Å². The van der Waals surface area contributed by atoms with Gasteiger partial charge >= 0.3 is 0 Å². The second kappa shape index (κ2) is 6.91. The zero-order chi connectivity index (χ0) is 12.8. The number of carbonyl (C=O) groups excluding carboxylic acids is 1. The van der Waals surface area contributed by atoms with Crippen LogP contribution in [-0.4, -0.2) is 29.1 Å². The normalized spacial score (nSPS) is 12.2. The van der Waals surface area contributed by atoms with Gasteiger partial charge in [-0.15, -0.1) is 0 Å². The SMILES string of the molecule is CCC(CSC)NC(=O)c1ccc(Br)c(O)c1. The lowest BCUT2D eigenvalue weighted by Gasteiger charge is -2.15. The van der Waals surface area contributed by atoms with Crippen LogP contribution in [0.5, 0.6) is 5.75 Å². The number of halogens is 1. The minimum atomic E-state index is -0.145. The summed E-state index contributed by atoms with van der Waals surface area (Å²) in [5.74, 6) is 0.828. The Bertz CT molecular complexity index is 398. The van der Waals surface area contributed by atoms with Gasteiger partial charge in [-0.2, -0.15) is 11.8 Å². The Hall–Kier alpha value is -0.680. The van der Waals surface area contributed by atoms with Gasteiger partial charge in [0.2, 0.25) is 0 Å². The number of nitrogens with one attached hydrogen (secondary N) is 1. The minimum Gasteiger partial charge on any atom is -0.507 e. The third-order valence-corrected chi connectivity index (χ3v) is 3.81. The fraction of sp³-hybridized carbons (Fsp3) is 0.417.